The van der Waals surface area contributed by atoms with Gasteiger partial charge >= 0.3 is 0 Å². The average molecular weight is 355 g/mol. The number of rotatable bonds is 8. The average Bonchev–Trinajstić information content (AvgIpc) is 3.02. The second-order valence-electron chi connectivity index (χ2n) is 5.37. The van der Waals surface area contributed by atoms with E-state index in [1.165, 1.54) is 33.6 Å². The first-order valence-electron chi connectivity index (χ1n) is 7.58. The Morgan fingerprint density at radius 3 is 2.87 bits per heavy atom. The highest BCUT2D eigenvalue weighted by Gasteiger charge is 2.25. The molecule has 0 radical (unpaired) electrons. The van der Waals surface area contributed by atoms with Crippen LogP contribution in [-0.4, -0.2) is 33.1 Å². The molecule has 0 saturated heterocycles. The molecule has 2 aromatic heterocycles. The molecule has 0 fully saturated rings. The van der Waals surface area contributed by atoms with Crippen LogP contribution in [0.5, 0.6) is 0 Å². The molecule has 0 aromatic carbocycles. The van der Waals surface area contributed by atoms with Gasteiger partial charge in [-0.25, -0.2) is 4.98 Å². The van der Waals surface area contributed by atoms with Gasteiger partial charge < -0.3 is 11.1 Å². The Balaban J connectivity index is 1.91. The Morgan fingerprint density at radius 1 is 1.48 bits per heavy atom. The lowest BCUT2D eigenvalue weighted by Gasteiger charge is -2.31. The number of thiazole rings is 1. The Bertz CT molecular complexity index is 713. The van der Waals surface area contributed by atoms with Crippen LogP contribution in [0, 0.1) is 0 Å². The van der Waals surface area contributed by atoms with Crippen molar-refractivity contribution in [3.8, 4) is 0 Å². The largest absolute Gasteiger partial charge is 0.349 e. The molecule has 0 bridgehead atoms. The summed E-state index contributed by atoms with van der Waals surface area (Å²) < 4.78 is 1.52. The molecule has 0 unspecified atom stereocenters. The molecule has 2 rings (SSSR count). The number of carbonyl (C=O) groups is 1. The summed E-state index contributed by atoms with van der Waals surface area (Å²) in [5.74, 6) is 0.830. The summed E-state index contributed by atoms with van der Waals surface area (Å²) in [6.45, 7) is 4.48. The molecular weight excluding hydrogens is 332 g/mol. The van der Waals surface area contributed by atoms with Crippen LogP contribution in [0.15, 0.2) is 22.4 Å². The lowest BCUT2D eigenvalue weighted by atomic mass is 9.93. The molecule has 8 heteroatoms. The minimum absolute atomic E-state index is 0.0296. The summed E-state index contributed by atoms with van der Waals surface area (Å²) in [6.07, 6.45) is 3.33. The minimum atomic E-state index is -0.315. The van der Waals surface area contributed by atoms with Crippen molar-refractivity contribution in [3.05, 3.63) is 33.7 Å². The van der Waals surface area contributed by atoms with Crippen molar-refractivity contribution in [3.63, 3.8) is 0 Å². The predicted molar refractivity (Wildman–Crippen MR) is 96.0 cm³/mol. The van der Waals surface area contributed by atoms with Gasteiger partial charge in [0, 0.05) is 29.9 Å². The summed E-state index contributed by atoms with van der Waals surface area (Å²) in [5.41, 5.74) is 6.09. The maximum absolute atomic E-state index is 12.1. The maximum atomic E-state index is 12.1. The molecule has 0 aliphatic heterocycles. The molecule has 2 aromatic rings. The summed E-state index contributed by atoms with van der Waals surface area (Å²) in [6, 6.07) is 1.52. The SMILES string of the molecule is CCC(CC)(CN)NC(=O)CSCc1cc(=O)n2ccsc2n1. The van der Waals surface area contributed by atoms with Gasteiger partial charge in [0.25, 0.3) is 5.56 Å². The van der Waals surface area contributed by atoms with E-state index in [2.05, 4.69) is 10.3 Å². The van der Waals surface area contributed by atoms with Crippen LogP contribution in [0.4, 0.5) is 0 Å². The number of nitrogens with two attached hydrogens (primary N) is 1. The zero-order valence-corrected chi connectivity index (χ0v) is 15.0. The van der Waals surface area contributed by atoms with Gasteiger partial charge in [0.1, 0.15) is 0 Å². The van der Waals surface area contributed by atoms with E-state index < -0.39 is 0 Å². The number of hydrogen-bond donors (Lipinski definition) is 2. The van der Waals surface area contributed by atoms with Crippen LogP contribution >= 0.6 is 23.1 Å². The van der Waals surface area contributed by atoms with Crippen molar-refractivity contribution in [2.75, 3.05) is 12.3 Å². The number of thioether (sulfide) groups is 1. The Morgan fingerprint density at radius 2 is 2.22 bits per heavy atom. The van der Waals surface area contributed by atoms with Crippen molar-refractivity contribution in [2.24, 2.45) is 5.73 Å². The Hall–Kier alpha value is -1.38. The molecule has 126 valence electrons. The van der Waals surface area contributed by atoms with Crippen LogP contribution in [0.1, 0.15) is 32.4 Å². The summed E-state index contributed by atoms with van der Waals surface area (Å²) >= 11 is 2.87. The van der Waals surface area contributed by atoms with E-state index in [1.54, 1.807) is 6.20 Å². The van der Waals surface area contributed by atoms with E-state index in [-0.39, 0.29) is 17.0 Å². The van der Waals surface area contributed by atoms with Gasteiger partial charge in [-0.3, -0.25) is 14.0 Å². The standard InChI is InChI=1S/C15H22N4O2S2/c1-3-15(4-2,10-16)18-12(20)9-22-8-11-7-13(21)19-5-6-23-14(19)17-11/h5-7H,3-4,8-10,16H2,1-2H3,(H,18,20). The van der Waals surface area contributed by atoms with Crippen molar-refractivity contribution < 1.29 is 4.79 Å². The van der Waals surface area contributed by atoms with Crippen LogP contribution in [-0.2, 0) is 10.5 Å². The number of carbonyl (C=O) groups excluding carboxylic acids is 1. The number of nitrogens with one attached hydrogen (secondary N) is 1. The second kappa shape index (κ2) is 7.94. The lowest BCUT2D eigenvalue weighted by Crippen LogP contribution is -2.53. The number of hydrogen-bond acceptors (Lipinski definition) is 6. The Kier molecular flexibility index (Phi) is 6.20. The molecule has 0 spiro atoms. The van der Waals surface area contributed by atoms with Gasteiger partial charge in [-0.15, -0.1) is 23.1 Å². The molecule has 6 nitrogen and oxygen atoms in total. The fraction of sp³-hybridized carbons (Fsp3) is 0.533. The first-order chi connectivity index (χ1) is 11.0. The van der Waals surface area contributed by atoms with Crippen molar-refractivity contribution in [2.45, 2.75) is 38.0 Å². The number of amides is 1. The van der Waals surface area contributed by atoms with Crippen LogP contribution in [0.3, 0.4) is 0 Å². The topological polar surface area (TPSA) is 89.5 Å². The molecule has 23 heavy (non-hydrogen) atoms. The van der Waals surface area contributed by atoms with Crippen molar-refractivity contribution in [1.82, 2.24) is 14.7 Å². The van der Waals surface area contributed by atoms with E-state index in [9.17, 15) is 9.59 Å². The molecular formula is C15H22N4O2S2. The highest BCUT2D eigenvalue weighted by molar-refractivity contribution is 7.99. The Labute approximate surface area is 143 Å². The van der Waals surface area contributed by atoms with Gasteiger partial charge in [0.15, 0.2) is 4.96 Å². The first kappa shape index (κ1) is 18.0. The summed E-state index contributed by atoms with van der Waals surface area (Å²) in [7, 11) is 0. The van der Waals surface area contributed by atoms with Crippen LogP contribution < -0.4 is 16.6 Å². The maximum Gasteiger partial charge on any atom is 0.258 e. The number of nitrogens with zero attached hydrogens (tertiary/aromatic N) is 2. The van der Waals surface area contributed by atoms with Crippen molar-refractivity contribution in [1.29, 1.82) is 0 Å². The van der Waals surface area contributed by atoms with Crippen LogP contribution in [0.2, 0.25) is 0 Å². The van der Waals surface area contributed by atoms with Crippen molar-refractivity contribution >= 4 is 34.0 Å². The highest BCUT2D eigenvalue weighted by Crippen LogP contribution is 2.15. The smallest absolute Gasteiger partial charge is 0.258 e. The fourth-order valence-electron chi connectivity index (χ4n) is 2.31. The van der Waals surface area contributed by atoms with E-state index in [0.717, 1.165) is 12.8 Å². The first-order valence-corrected chi connectivity index (χ1v) is 9.61. The minimum Gasteiger partial charge on any atom is -0.349 e. The molecule has 2 heterocycles. The van der Waals surface area contributed by atoms with E-state index in [0.29, 0.717) is 28.7 Å². The summed E-state index contributed by atoms with van der Waals surface area (Å²) in [4.78, 5) is 29.1. The fourth-order valence-corrected chi connectivity index (χ4v) is 3.76. The second-order valence-corrected chi connectivity index (χ2v) is 7.23. The molecule has 0 aliphatic rings. The molecule has 0 atom stereocenters. The van der Waals surface area contributed by atoms with E-state index in [4.69, 9.17) is 5.73 Å². The van der Waals surface area contributed by atoms with Gasteiger partial charge in [0.05, 0.1) is 17.0 Å². The normalized spacial score (nSPS) is 11.8. The summed E-state index contributed by atoms with van der Waals surface area (Å²) in [5, 5.41) is 4.86. The van der Waals surface area contributed by atoms with E-state index in [1.807, 2.05) is 19.2 Å². The van der Waals surface area contributed by atoms with Crippen LogP contribution in [0.25, 0.3) is 4.96 Å². The molecule has 0 saturated carbocycles. The van der Waals surface area contributed by atoms with Gasteiger partial charge in [-0.05, 0) is 12.8 Å². The third-order valence-electron chi connectivity index (χ3n) is 3.99. The van der Waals surface area contributed by atoms with Gasteiger partial charge in [0.2, 0.25) is 5.91 Å². The quantitative estimate of drug-likeness (QED) is 0.752. The third kappa shape index (κ3) is 4.33. The van der Waals surface area contributed by atoms with Gasteiger partial charge in [-0.2, -0.15) is 0 Å². The predicted octanol–water partition coefficient (Wildman–Crippen LogP) is 1.62. The third-order valence-corrected chi connectivity index (χ3v) is 5.71. The zero-order chi connectivity index (χ0) is 16.9. The monoisotopic (exact) mass is 354 g/mol. The lowest BCUT2D eigenvalue weighted by molar-refractivity contribution is -0.120. The molecule has 0 aliphatic carbocycles. The zero-order valence-electron chi connectivity index (χ0n) is 13.4. The number of fused-ring (bicyclic) bond motifs is 1. The molecule has 3 N–H and O–H groups in total. The molecule has 1 amide bonds. The van der Waals surface area contributed by atoms with Gasteiger partial charge in [-0.1, -0.05) is 13.8 Å². The highest BCUT2D eigenvalue weighted by atomic mass is 32.2. The number of aromatic nitrogens is 2. The van der Waals surface area contributed by atoms with E-state index >= 15 is 0 Å².